The first kappa shape index (κ1) is 24.9. The number of hydrogen-bond acceptors (Lipinski definition) is 5. The Kier molecular flexibility index (Phi) is 7.60. The van der Waals surface area contributed by atoms with Gasteiger partial charge in [-0.25, -0.2) is 0 Å². The molecule has 1 aliphatic rings. The minimum atomic E-state index is -1.20. The van der Waals surface area contributed by atoms with Crippen LogP contribution >= 0.6 is 0 Å². The van der Waals surface area contributed by atoms with Crippen molar-refractivity contribution in [3.8, 4) is 0 Å². The fraction of sp³-hybridized carbons (Fsp3) is 0.259. The molecule has 0 aromatic heterocycles. The highest BCUT2D eigenvalue weighted by atomic mass is 16.6. The third-order valence-electron chi connectivity index (χ3n) is 5.90. The van der Waals surface area contributed by atoms with Crippen molar-refractivity contribution in [3.05, 3.63) is 83.4 Å². The zero-order valence-corrected chi connectivity index (χ0v) is 19.7. The summed E-state index contributed by atoms with van der Waals surface area (Å²) in [5.74, 6) is -2.87. The molecular weight excluding hydrogens is 462 g/mol. The van der Waals surface area contributed by atoms with E-state index < -0.39 is 42.6 Å². The minimum Gasteiger partial charge on any atom is -0.480 e. The van der Waals surface area contributed by atoms with Crippen molar-refractivity contribution in [1.82, 2.24) is 16.0 Å². The van der Waals surface area contributed by atoms with Crippen LogP contribution in [0.2, 0.25) is 0 Å². The van der Waals surface area contributed by atoms with Crippen LogP contribution < -0.4 is 16.0 Å². The topological polar surface area (TPSA) is 137 Å². The van der Waals surface area contributed by atoms with Gasteiger partial charge in [0.05, 0.1) is 0 Å². The molecule has 0 aliphatic carbocycles. The van der Waals surface area contributed by atoms with Gasteiger partial charge < -0.3 is 25.8 Å². The Morgan fingerprint density at radius 3 is 2.25 bits per heavy atom. The Labute approximate surface area is 207 Å². The van der Waals surface area contributed by atoms with Gasteiger partial charge in [0.1, 0.15) is 12.6 Å². The molecule has 1 heterocycles. The van der Waals surface area contributed by atoms with Gasteiger partial charge in [-0.15, -0.1) is 0 Å². The van der Waals surface area contributed by atoms with Crippen molar-refractivity contribution in [2.24, 2.45) is 0 Å². The second-order valence-electron chi connectivity index (χ2n) is 8.74. The monoisotopic (exact) mass is 489 g/mol. The number of hydrogen-bond donors (Lipinski definition) is 4. The van der Waals surface area contributed by atoms with Crippen LogP contribution in [0.3, 0.4) is 0 Å². The summed E-state index contributed by atoms with van der Waals surface area (Å²) in [4.78, 5) is 48.4. The first-order chi connectivity index (χ1) is 17.3. The van der Waals surface area contributed by atoms with Gasteiger partial charge in [0.15, 0.2) is 12.2 Å². The Morgan fingerprint density at radius 1 is 0.861 bits per heavy atom. The van der Waals surface area contributed by atoms with Gasteiger partial charge in [0, 0.05) is 13.0 Å². The first-order valence-corrected chi connectivity index (χ1v) is 11.6. The molecule has 4 N–H and O–H groups in total. The lowest BCUT2D eigenvalue weighted by molar-refractivity contribution is -0.138. The van der Waals surface area contributed by atoms with E-state index in [0.29, 0.717) is 0 Å². The third kappa shape index (κ3) is 6.45. The molecular formula is C27H27N3O6. The summed E-state index contributed by atoms with van der Waals surface area (Å²) in [6.07, 6.45) is -1.91. The third-order valence-corrected chi connectivity index (χ3v) is 5.90. The maximum absolute atomic E-state index is 13.1. The van der Waals surface area contributed by atoms with Crippen LogP contribution in [-0.2, 0) is 36.9 Å². The van der Waals surface area contributed by atoms with Gasteiger partial charge in [0.2, 0.25) is 5.91 Å². The Morgan fingerprint density at radius 2 is 1.53 bits per heavy atom. The molecule has 3 amide bonds. The Balaban J connectivity index is 1.40. The molecule has 3 aromatic rings. The lowest BCUT2D eigenvalue weighted by Gasteiger charge is -2.19. The molecule has 4 rings (SSSR count). The van der Waals surface area contributed by atoms with Crippen molar-refractivity contribution >= 4 is 34.5 Å². The quantitative estimate of drug-likeness (QED) is 0.318. The van der Waals surface area contributed by atoms with E-state index in [1.54, 1.807) is 0 Å². The standard InChI is InChI=1S/C27H27N3O6/c1-16-6-8-17(9-7-16)13-21(30-27(35)24-23(36-24)26(34)29-15-22(31)32)25(33)28-14-18-10-11-19-4-2-3-5-20(19)12-18/h2-12,21,23-24H,13-15H2,1H3,(H,28,33)(H,29,34)(H,30,35)(H,31,32)/t21-,23-,24?/m0/s1. The molecule has 186 valence electrons. The van der Waals surface area contributed by atoms with E-state index >= 15 is 0 Å². The Hall–Kier alpha value is -4.24. The predicted molar refractivity (Wildman–Crippen MR) is 132 cm³/mol. The number of aryl methyl sites for hydroxylation is 1. The average molecular weight is 490 g/mol. The van der Waals surface area contributed by atoms with Gasteiger partial charge in [-0.2, -0.15) is 0 Å². The number of amides is 3. The molecule has 1 fully saturated rings. The molecule has 0 saturated carbocycles. The summed E-state index contributed by atoms with van der Waals surface area (Å²) in [6.45, 7) is 1.67. The number of carbonyl (C=O) groups excluding carboxylic acids is 3. The van der Waals surface area contributed by atoms with Crippen molar-refractivity contribution < 1.29 is 29.0 Å². The summed E-state index contributed by atoms with van der Waals surface area (Å²) in [5, 5.41) is 18.6. The van der Waals surface area contributed by atoms with Gasteiger partial charge in [-0.1, -0.05) is 66.2 Å². The van der Waals surface area contributed by atoms with Crippen LogP contribution in [0.25, 0.3) is 10.8 Å². The van der Waals surface area contributed by atoms with Crippen LogP contribution in [0.1, 0.15) is 16.7 Å². The smallest absolute Gasteiger partial charge is 0.322 e. The second-order valence-corrected chi connectivity index (χ2v) is 8.74. The largest absolute Gasteiger partial charge is 0.480 e. The van der Waals surface area contributed by atoms with Crippen LogP contribution in [-0.4, -0.2) is 53.6 Å². The number of carboxylic acid groups (broad SMARTS) is 1. The second kappa shape index (κ2) is 11.0. The molecule has 0 spiro atoms. The summed E-state index contributed by atoms with van der Waals surface area (Å²) in [5.41, 5.74) is 2.85. The highest BCUT2D eigenvalue weighted by Gasteiger charge is 2.51. The Bertz CT molecular complexity index is 1290. The van der Waals surface area contributed by atoms with Crippen LogP contribution in [0.15, 0.2) is 66.7 Å². The number of ether oxygens (including phenoxy) is 1. The van der Waals surface area contributed by atoms with Crippen molar-refractivity contribution in [2.75, 3.05) is 6.54 Å². The van der Waals surface area contributed by atoms with Crippen molar-refractivity contribution in [1.29, 1.82) is 0 Å². The highest BCUT2D eigenvalue weighted by molar-refractivity contribution is 5.97. The fourth-order valence-electron chi connectivity index (χ4n) is 3.86. The van der Waals surface area contributed by atoms with Gasteiger partial charge in [0.25, 0.3) is 11.8 Å². The minimum absolute atomic E-state index is 0.248. The number of epoxide rings is 1. The van der Waals surface area contributed by atoms with Crippen molar-refractivity contribution in [3.63, 3.8) is 0 Å². The van der Waals surface area contributed by atoms with E-state index in [9.17, 15) is 19.2 Å². The number of benzene rings is 3. The number of aliphatic carboxylic acids is 1. The highest BCUT2D eigenvalue weighted by Crippen LogP contribution is 2.23. The zero-order valence-electron chi connectivity index (χ0n) is 19.7. The normalized spacial score (nSPS) is 17.1. The molecule has 0 bridgehead atoms. The molecule has 36 heavy (non-hydrogen) atoms. The molecule has 1 aliphatic heterocycles. The van der Waals surface area contributed by atoms with Crippen LogP contribution in [0.4, 0.5) is 0 Å². The lowest BCUT2D eigenvalue weighted by Crippen LogP contribution is -2.49. The fourth-order valence-corrected chi connectivity index (χ4v) is 3.86. The molecule has 9 nitrogen and oxygen atoms in total. The maximum Gasteiger partial charge on any atom is 0.322 e. The van der Waals surface area contributed by atoms with Crippen molar-refractivity contribution in [2.45, 2.75) is 38.1 Å². The molecule has 1 saturated heterocycles. The first-order valence-electron chi connectivity index (χ1n) is 11.6. The average Bonchev–Trinajstić information content (AvgIpc) is 3.68. The zero-order chi connectivity index (χ0) is 25.7. The van der Waals surface area contributed by atoms with Gasteiger partial charge in [-0.3, -0.25) is 19.2 Å². The number of rotatable bonds is 10. The number of fused-ring (bicyclic) bond motifs is 1. The molecule has 0 radical (unpaired) electrons. The van der Waals surface area contributed by atoms with Gasteiger partial charge >= 0.3 is 5.97 Å². The van der Waals surface area contributed by atoms with Crippen LogP contribution in [0.5, 0.6) is 0 Å². The molecule has 3 atom stereocenters. The number of carboxylic acids is 1. The number of nitrogens with one attached hydrogen (secondary N) is 3. The lowest BCUT2D eigenvalue weighted by atomic mass is 10.0. The van der Waals surface area contributed by atoms with E-state index in [4.69, 9.17) is 9.84 Å². The molecule has 1 unspecified atom stereocenters. The molecule has 3 aromatic carbocycles. The van der Waals surface area contributed by atoms with Crippen LogP contribution in [0, 0.1) is 6.92 Å². The SMILES string of the molecule is Cc1ccc(C[C@H](NC(=O)C2O[C@@H]2C(=O)NCC(=O)O)C(=O)NCc2ccc3ccccc3c2)cc1. The maximum atomic E-state index is 13.1. The van der Waals surface area contributed by atoms with E-state index in [-0.39, 0.29) is 18.9 Å². The van der Waals surface area contributed by atoms with E-state index in [1.807, 2.05) is 73.7 Å². The van der Waals surface area contributed by atoms with E-state index in [1.165, 1.54) is 0 Å². The summed E-state index contributed by atoms with van der Waals surface area (Å²) in [6, 6.07) is 20.6. The van der Waals surface area contributed by atoms with E-state index in [0.717, 1.165) is 27.5 Å². The predicted octanol–water partition coefficient (Wildman–Crippen LogP) is 1.46. The molecule has 9 heteroatoms. The summed E-state index contributed by atoms with van der Waals surface area (Å²) in [7, 11) is 0. The van der Waals surface area contributed by atoms with Gasteiger partial charge in [-0.05, 0) is 34.9 Å². The summed E-state index contributed by atoms with van der Waals surface area (Å²) >= 11 is 0. The summed E-state index contributed by atoms with van der Waals surface area (Å²) < 4.78 is 5.14. The number of carbonyl (C=O) groups is 4. The van der Waals surface area contributed by atoms with E-state index in [2.05, 4.69) is 16.0 Å².